The average Bonchev–Trinajstić information content (AvgIpc) is 3.27. The van der Waals surface area contributed by atoms with Crippen molar-refractivity contribution < 1.29 is 14.2 Å². The number of thioether (sulfide) groups is 1. The first kappa shape index (κ1) is 20.2. The van der Waals surface area contributed by atoms with Gasteiger partial charge >= 0.3 is 0 Å². The van der Waals surface area contributed by atoms with Crippen LogP contribution in [0.5, 0.6) is 0 Å². The number of nitrogens with zero attached hydrogens (tertiary/aromatic N) is 2. The monoisotopic (exact) mass is 423 g/mol. The van der Waals surface area contributed by atoms with Crippen LogP contribution in [0.3, 0.4) is 0 Å². The number of benzene rings is 2. The van der Waals surface area contributed by atoms with Crippen LogP contribution >= 0.6 is 11.8 Å². The van der Waals surface area contributed by atoms with Crippen LogP contribution < -0.4 is 5.32 Å². The molecule has 1 aliphatic rings. The molecular weight excluding hydrogens is 402 g/mol. The van der Waals surface area contributed by atoms with Crippen LogP contribution in [0, 0.1) is 10.1 Å². The molecule has 4 rings (SSSR count). The summed E-state index contributed by atoms with van der Waals surface area (Å²) in [5, 5.41) is 17.4. The van der Waals surface area contributed by atoms with Crippen LogP contribution in [0.25, 0.3) is 11.3 Å². The van der Waals surface area contributed by atoms with Crippen molar-refractivity contribution in [3.8, 4) is 11.3 Å². The number of nitrogens with one attached hydrogen (secondary N) is 1. The lowest BCUT2D eigenvalue weighted by atomic mass is 9.90. The molecule has 1 N–H and O–H groups in total. The molecule has 0 spiro atoms. The first-order valence-electron chi connectivity index (χ1n) is 9.84. The summed E-state index contributed by atoms with van der Waals surface area (Å²) in [5.41, 5.74) is 4.00. The molecule has 0 atom stereocenters. The Balaban J connectivity index is 1.29. The first-order valence-corrected chi connectivity index (χ1v) is 10.8. The molecule has 7 nitrogen and oxygen atoms in total. The highest BCUT2D eigenvalue weighted by Gasteiger charge is 2.16. The number of nitro benzene ring substituents is 1. The number of hydrogen-bond acceptors (Lipinski definition) is 6. The van der Waals surface area contributed by atoms with E-state index in [2.05, 4.69) is 22.6 Å². The number of carbonyl (C=O) groups excluding carboxylic acids is 1. The normalized spacial score (nSPS) is 12.9. The number of fused-ring (bicyclic) bond motifs is 1. The Bertz CT molecular complexity index is 1060. The van der Waals surface area contributed by atoms with E-state index >= 15 is 0 Å². The Hall–Kier alpha value is -3.13. The van der Waals surface area contributed by atoms with Crippen LogP contribution in [0.2, 0.25) is 0 Å². The van der Waals surface area contributed by atoms with Gasteiger partial charge in [-0.05, 0) is 55.0 Å². The van der Waals surface area contributed by atoms with Gasteiger partial charge in [-0.1, -0.05) is 17.3 Å². The molecule has 0 radical (unpaired) electrons. The number of rotatable bonds is 7. The van der Waals surface area contributed by atoms with E-state index in [0.717, 1.165) is 23.3 Å². The van der Waals surface area contributed by atoms with Gasteiger partial charge < -0.3 is 9.84 Å². The number of non-ortho nitro benzene ring substituents is 1. The minimum atomic E-state index is -0.426. The van der Waals surface area contributed by atoms with Gasteiger partial charge in [-0.3, -0.25) is 14.9 Å². The lowest BCUT2D eigenvalue weighted by Gasteiger charge is -2.15. The second-order valence-corrected chi connectivity index (χ2v) is 8.29. The molecule has 1 heterocycles. The fourth-order valence-electron chi connectivity index (χ4n) is 3.49. The van der Waals surface area contributed by atoms with Crippen LogP contribution in [-0.4, -0.2) is 28.3 Å². The number of aryl methyl sites for hydroxylation is 2. The number of aromatic nitrogens is 1. The molecule has 30 heavy (non-hydrogen) atoms. The van der Waals surface area contributed by atoms with Crippen molar-refractivity contribution in [2.45, 2.75) is 30.6 Å². The topological polar surface area (TPSA) is 98.3 Å². The summed E-state index contributed by atoms with van der Waals surface area (Å²) in [6, 6.07) is 14.3. The fraction of sp³-hybridized carbons (Fsp3) is 0.273. The Morgan fingerprint density at radius 3 is 2.63 bits per heavy atom. The van der Waals surface area contributed by atoms with Gasteiger partial charge in [0, 0.05) is 41.0 Å². The molecule has 1 aliphatic carbocycles. The Morgan fingerprint density at radius 1 is 1.10 bits per heavy atom. The third-order valence-electron chi connectivity index (χ3n) is 5.08. The Kier molecular flexibility index (Phi) is 6.13. The lowest BCUT2D eigenvalue weighted by molar-refractivity contribution is -0.384. The number of carbonyl (C=O) groups is 1. The quantitative estimate of drug-likeness (QED) is 0.257. The minimum Gasteiger partial charge on any atom is -0.355 e. The van der Waals surface area contributed by atoms with E-state index < -0.39 is 4.92 Å². The molecule has 0 aliphatic heterocycles. The molecule has 0 unspecified atom stereocenters. The van der Waals surface area contributed by atoms with E-state index in [1.807, 2.05) is 6.07 Å². The third-order valence-corrected chi connectivity index (χ3v) is 6.09. The second-order valence-electron chi connectivity index (χ2n) is 7.12. The van der Waals surface area contributed by atoms with Crippen molar-refractivity contribution in [3.63, 3.8) is 0 Å². The predicted octanol–water partition coefficient (Wildman–Crippen LogP) is 4.65. The summed E-state index contributed by atoms with van der Waals surface area (Å²) < 4.78 is 5.40. The largest absolute Gasteiger partial charge is 0.355 e. The Morgan fingerprint density at radius 2 is 1.87 bits per heavy atom. The van der Waals surface area contributed by atoms with Crippen molar-refractivity contribution in [1.29, 1.82) is 0 Å². The van der Waals surface area contributed by atoms with Gasteiger partial charge in [0.1, 0.15) is 0 Å². The zero-order valence-electron chi connectivity index (χ0n) is 16.3. The molecule has 0 fully saturated rings. The maximum Gasteiger partial charge on any atom is 0.273 e. The molecule has 8 heteroatoms. The smallest absolute Gasteiger partial charge is 0.273 e. The number of hydrogen-bond donors (Lipinski definition) is 1. The molecule has 0 saturated carbocycles. The van der Waals surface area contributed by atoms with E-state index in [4.69, 9.17) is 4.52 Å². The lowest BCUT2D eigenvalue weighted by Crippen LogP contribution is -2.25. The second kappa shape index (κ2) is 9.13. The molecule has 0 saturated heterocycles. The summed E-state index contributed by atoms with van der Waals surface area (Å²) in [6.07, 6.45) is 4.65. The SMILES string of the molecule is O=C(NCCSc1ccc([N+](=O)[O-])cc1)c1cc(-c2ccc3c(c2)CCCC3)on1. The van der Waals surface area contributed by atoms with Crippen molar-refractivity contribution in [3.05, 3.63) is 75.5 Å². The van der Waals surface area contributed by atoms with Crippen molar-refractivity contribution >= 4 is 23.4 Å². The van der Waals surface area contributed by atoms with Crippen LogP contribution in [0.4, 0.5) is 5.69 Å². The third kappa shape index (κ3) is 4.71. The predicted molar refractivity (Wildman–Crippen MR) is 115 cm³/mol. The van der Waals surface area contributed by atoms with Crippen LogP contribution in [-0.2, 0) is 12.8 Å². The molecule has 2 aromatic carbocycles. The minimum absolute atomic E-state index is 0.0633. The first-order chi connectivity index (χ1) is 14.6. The number of nitro groups is 1. The maximum atomic E-state index is 12.3. The van der Waals surface area contributed by atoms with Gasteiger partial charge in [-0.15, -0.1) is 11.8 Å². The Labute approximate surface area is 178 Å². The summed E-state index contributed by atoms with van der Waals surface area (Å²) in [5.74, 6) is 0.944. The average molecular weight is 423 g/mol. The molecule has 3 aromatic rings. The highest BCUT2D eigenvalue weighted by Crippen LogP contribution is 2.28. The fourth-order valence-corrected chi connectivity index (χ4v) is 4.26. The van der Waals surface area contributed by atoms with E-state index in [0.29, 0.717) is 18.1 Å². The highest BCUT2D eigenvalue weighted by atomic mass is 32.2. The van der Waals surface area contributed by atoms with Gasteiger partial charge in [0.2, 0.25) is 0 Å². The van der Waals surface area contributed by atoms with E-state index in [1.165, 1.54) is 47.9 Å². The van der Waals surface area contributed by atoms with Crippen LogP contribution in [0.15, 0.2) is 57.9 Å². The summed E-state index contributed by atoms with van der Waals surface area (Å²) in [6.45, 7) is 0.446. The zero-order chi connectivity index (χ0) is 20.9. The summed E-state index contributed by atoms with van der Waals surface area (Å²) in [7, 11) is 0. The van der Waals surface area contributed by atoms with E-state index in [-0.39, 0.29) is 17.3 Å². The van der Waals surface area contributed by atoms with Crippen molar-refractivity contribution in [2.24, 2.45) is 0 Å². The van der Waals surface area contributed by atoms with Gasteiger partial charge in [0.15, 0.2) is 11.5 Å². The van der Waals surface area contributed by atoms with E-state index in [9.17, 15) is 14.9 Å². The maximum absolute atomic E-state index is 12.3. The number of amides is 1. The molecule has 1 amide bonds. The van der Waals surface area contributed by atoms with Crippen molar-refractivity contribution in [1.82, 2.24) is 10.5 Å². The zero-order valence-corrected chi connectivity index (χ0v) is 17.1. The summed E-state index contributed by atoms with van der Waals surface area (Å²) >= 11 is 1.51. The summed E-state index contributed by atoms with van der Waals surface area (Å²) in [4.78, 5) is 23.5. The molecular formula is C22H21N3O4S. The standard InChI is InChI=1S/C22H21N3O4S/c26-22(23-11-12-30-19-9-7-18(8-10-19)25(27)28)20-14-21(29-24-20)17-6-5-15-3-1-2-4-16(15)13-17/h5-10,13-14H,1-4,11-12H2,(H,23,26). The van der Waals surface area contributed by atoms with Gasteiger partial charge in [0.25, 0.3) is 11.6 Å². The van der Waals surface area contributed by atoms with Crippen LogP contribution in [0.1, 0.15) is 34.5 Å². The molecule has 0 bridgehead atoms. The molecule has 154 valence electrons. The van der Waals surface area contributed by atoms with E-state index in [1.54, 1.807) is 18.2 Å². The highest BCUT2D eigenvalue weighted by molar-refractivity contribution is 7.99. The molecule has 1 aromatic heterocycles. The van der Waals surface area contributed by atoms with Gasteiger partial charge in [-0.2, -0.15) is 0 Å². The van der Waals surface area contributed by atoms with Gasteiger partial charge in [0.05, 0.1) is 4.92 Å². The van der Waals surface area contributed by atoms with Crippen molar-refractivity contribution in [2.75, 3.05) is 12.3 Å². The van der Waals surface area contributed by atoms with Gasteiger partial charge in [-0.25, -0.2) is 0 Å².